The molecule has 2 bridgehead atoms. The van der Waals surface area contributed by atoms with Crippen molar-refractivity contribution in [1.82, 2.24) is 0 Å². The number of rotatable bonds is 3. The molecule has 3 nitrogen and oxygen atoms in total. The lowest BCUT2D eigenvalue weighted by Gasteiger charge is -2.13. The Morgan fingerprint density at radius 2 is 1.53 bits per heavy atom. The van der Waals surface area contributed by atoms with Crippen molar-refractivity contribution < 1.29 is 9.53 Å². The molecule has 1 amide bonds. The topological polar surface area (TPSA) is 38.3 Å². The van der Waals surface area contributed by atoms with Gasteiger partial charge in [0.2, 0.25) is 5.91 Å². The maximum atomic E-state index is 12.6. The number of aryl methyl sites for hydroxylation is 1. The van der Waals surface area contributed by atoms with Crippen LogP contribution in [-0.4, -0.2) is 5.91 Å². The molecule has 182 valence electrons. The number of fused-ring (bicyclic) bond motifs is 2. The number of allylic oxidation sites excluding steroid dienone is 4. The van der Waals surface area contributed by atoms with Gasteiger partial charge in [-0.15, -0.1) is 0 Å². The highest BCUT2D eigenvalue weighted by molar-refractivity contribution is 5.91. The Balaban J connectivity index is 1.67. The molecule has 2 aromatic carbocycles. The van der Waals surface area contributed by atoms with Crippen molar-refractivity contribution in [1.29, 1.82) is 0 Å². The second-order valence-electron chi connectivity index (χ2n) is 9.45. The molecule has 1 aliphatic rings. The lowest BCUT2D eigenvalue weighted by Crippen LogP contribution is -2.11. The first-order valence-electron chi connectivity index (χ1n) is 13.1. The van der Waals surface area contributed by atoms with E-state index in [9.17, 15) is 4.79 Å². The zero-order chi connectivity index (χ0) is 23.8. The number of benzene rings is 2. The summed E-state index contributed by atoms with van der Waals surface area (Å²) < 4.78 is 6.11. The quantitative estimate of drug-likeness (QED) is 0.467. The molecular weight excluding hydrogens is 418 g/mol. The number of hydrogen-bond acceptors (Lipinski definition) is 2. The maximum Gasteiger partial charge on any atom is 0.224 e. The third-order valence-electron chi connectivity index (χ3n) is 6.31. The molecule has 2 aromatic rings. The van der Waals surface area contributed by atoms with Crippen LogP contribution < -0.4 is 10.1 Å². The Hall–Kier alpha value is -2.81. The van der Waals surface area contributed by atoms with E-state index in [4.69, 9.17) is 4.74 Å². The van der Waals surface area contributed by atoms with E-state index in [1.807, 2.05) is 24.3 Å². The van der Waals surface area contributed by atoms with Crippen molar-refractivity contribution in [2.75, 3.05) is 5.32 Å². The molecule has 3 heteroatoms. The predicted octanol–water partition coefficient (Wildman–Crippen LogP) is 8.55. The SMILES string of the molecule is C/C1=C/CCc2cc(cc(OCc3ccccc3)c2)NC(=O)CCCCCC/C=C\CCCC1. The molecule has 0 atom stereocenters. The summed E-state index contributed by atoms with van der Waals surface area (Å²) in [5.41, 5.74) is 4.64. The molecule has 0 aliphatic carbocycles. The summed E-state index contributed by atoms with van der Waals surface area (Å²) >= 11 is 0. The van der Waals surface area contributed by atoms with Gasteiger partial charge in [0.05, 0.1) is 0 Å². The Bertz CT molecular complexity index is 930. The number of hydrogen-bond donors (Lipinski definition) is 1. The molecule has 0 aromatic heterocycles. The minimum atomic E-state index is 0.0905. The first-order chi connectivity index (χ1) is 16.7. The first kappa shape index (κ1) is 25.8. The van der Waals surface area contributed by atoms with E-state index < -0.39 is 0 Å². The third-order valence-corrected chi connectivity index (χ3v) is 6.31. The molecule has 3 rings (SSSR count). The van der Waals surface area contributed by atoms with Gasteiger partial charge in [-0.3, -0.25) is 4.79 Å². The number of nitrogens with one attached hydrogen (secondary N) is 1. The minimum Gasteiger partial charge on any atom is -0.489 e. The highest BCUT2D eigenvalue weighted by atomic mass is 16.5. The first-order valence-corrected chi connectivity index (χ1v) is 13.1. The summed E-state index contributed by atoms with van der Waals surface area (Å²) in [7, 11) is 0. The van der Waals surface area contributed by atoms with E-state index in [0.717, 1.165) is 49.1 Å². The predicted molar refractivity (Wildman–Crippen MR) is 143 cm³/mol. The van der Waals surface area contributed by atoms with Gasteiger partial charge in [-0.2, -0.15) is 0 Å². The van der Waals surface area contributed by atoms with Crippen molar-refractivity contribution in [3.05, 3.63) is 83.5 Å². The highest BCUT2D eigenvalue weighted by Gasteiger charge is 2.07. The second kappa shape index (κ2) is 15.2. The molecule has 1 aliphatic heterocycles. The highest BCUT2D eigenvalue weighted by Crippen LogP contribution is 2.24. The van der Waals surface area contributed by atoms with Crippen LogP contribution in [-0.2, 0) is 17.8 Å². The molecule has 1 heterocycles. The van der Waals surface area contributed by atoms with Crippen LogP contribution in [0.4, 0.5) is 5.69 Å². The average molecular weight is 460 g/mol. The van der Waals surface area contributed by atoms with E-state index in [-0.39, 0.29) is 5.91 Å². The lowest BCUT2D eigenvalue weighted by atomic mass is 10.0. The Morgan fingerprint density at radius 3 is 2.35 bits per heavy atom. The fourth-order valence-corrected chi connectivity index (χ4v) is 4.32. The van der Waals surface area contributed by atoms with Crippen molar-refractivity contribution >= 4 is 11.6 Å². The van der Waals surface area contributed by atoms with Crippen LogP contribution in [0.1, 0.15) is 88.7 Å². The molecule has 0 fully saturated rings. The summed E-state index contributed by atoms with van der Waals surface area (Å²) in [6.45, 7) is 2.77. The Labute approximate surface area is 206 Å². The van der Waals surface area contributed by atoms with Gasteiger partial charge in [-0.25, -0.2) is 0 Å². The number of anilines is 1. The fourth-order valence-electron chi connectivity index (χ4n) is 4.32. The van der Waals surface area contributed by atoms with Crippen LogP contribution in [0.2, 0.25) is 0 Å². The van der Waals surface area contributed by atoms with E-state index in [2.05, 4.69) is 54.7 Å². The smallest absolute Gasteiger partial charge is 0.224 e. The molecule has 34 heavy (non-hydrogen) atoms. The van der Waals surface area contributed by atoms with Crippen molar-refractivity contribution in [3.63, 3.8) is 0 Å². The standard InChI is InChI=1S/C31H41NO2/c1-26-16-11-8-6-4-2-3-5-7-9-14-21-31(33)32-29-22-28(20-15-17-26)23-30(24-29)34-25-27-18-12-10-13-19-27/h2,4,10,12-13,17-19,22-24H,3,5-9,11,14-16,20-21,25H2,1H3,(H,32,33)/b4-2-,26-17-. The zero-order valence-corrected chi connectivity index (χ0v) is 20.9. The summed E-state index contributed by atoms with van der Waals surface area (Å²) in [4.78, 5) is 12.6. The van der Waals surface area contributed by atoms with Gasteiger partial charge in [0.25, 0.3) is 0 Å². The van der Waals surface area contributed by atoms with Crippen molar-refractivity contribution in [3.8, 4) is 5.75 Å². The maximum absolute atomic E-state index is 12.6. The molecular formula is C31H41NO2. The van der Waals surface area contributed by atoms with Crippen LogP contribution in [0.25, 0.3) is 0 Å². The molecule has 0 spiro atoms. The van der Waals surface area contributed by atoms with Crippen LogP contribution in [0.15, 0.2) is 72.3 Å². The van der Waals surface area contributed by atoms with Gasteiger partial charge in [-0.05, 0) is 88.0 Å². The van der Waals surface area contributed by atoms with Crippen molar-refractivity contribution in [2.24, 2.45) is 0 Å². The van der Waals surface area contributed by atoms with E-state index in [1.54, 1.807) is 0 Å². The summed E-state index contributed by atoms with van der Waals surface area (Å²) in [5.74, 6) is 0.899. The van der Waals surface area contributed by atoms with Crippen LogP contribution in [0.5, 0.6) is 5.75 Å². The monoisotopic (exact) mass is 459 g/mol. The zero-order valence-electron chi connectivity index (χ0n) is 20.9. The third kappa shape index (κ3) is 10.4. The van der Waals surface area contributed by atoms with Crippen LogP contribution >= 0.6 is 0 Å². The average Bonchev–Trinajstić information content (AvgIpc) is 2.83. The Morgan fingerprint density at radius 1 is 0.794 bits per heavy atom. The summed E-state index contributed by atoms with van der Waals surface area (Å²) in [6, 6.07) is 16.4. The minimum absolute atomic E-state index is 0.0905. The van der Waals surface area contributed by atoms with Gasteiger partial charge in [0.15, 0.2) is 0 Å². The number of ether oxygens (including phenoxy) is 1. The molecule has 0 radical (unpaired) electrons. The number of carbonyl (C=O) groups excluding carboxylic acids is 1. The second-order valence-corrected chi connectivity index (χ2v) is 9.45. The van der Waals surface area contributed by atoms with E-state index >= 15 is 0 Å². The Kier molecular flexibility index (Phi) is 11.5. The number of amides is 1. The van der Waals surface area contributed by atoms with Gasteiger partial charge in [0, 0.05) is 18.2 Å². The molecule has 0 saturated carbocycles. The van der Waals surface area contributed by atoms with Gasteiger partial charge < -0.3 is 10.1 Å². The van der Waals surface area contributed by atoms with E-state index in [1.165, 1.54) is 49.7 Å². The lowest BCUT2D eigenvalue weighted by molar-refractivity contribution is -0.116. The normalized spacial score (nSPS) is 19.7. The van der Waals surface area contributed by atoms with Gasteiger partial charge in [0.1, 0.15) is 12.4 Å². The number of carbonyl (C=O) groups is 1. The van der Waals surface area contributed by atoms with Crippen LogP contribution in [0.3, 0.4) is 0 Å². The van der Waals surface area contributed by atoms with E-state index in [0.29, 0.717) is 13.0 Å². The molecule has 0 unspecified atom stereocenters. The molecule has 1 N–H and O–H groups in total. The van der Waals surface area contributed by atoms with Gasteiger partial charge in [-0.1, -0.05) is 67.0 Å². The van der Waals surface area contributed by atoms with Gasteiger partial charge >= 0.3 is 0 Å². The fraction of sp³-hybridized carbons (Fsp3) is 0.452. The summed E-state index contributed by atoms with van der Waals surface area (Å²) in [6.07, 6.45) is 20.0. The van der Waals surface area contributed by atoms with Crippen molar-refractivity contribution in [2.45, 2.75) is 90.6 Å². The molecule has 0 saturated heterocycles. The van der Waals surface area contributed by atoms with Crippen LogP contribution in [0, 0.1) is 0 Å². The largest absolute Gasteiger partial charge is 0.489 e. The summed E-state index contributed by atoms with van der Waals surface area (Å²) in [5, 5.41) is 3.11.